The lowest BCUT2D eigenvalue weighted by atomic mass is 9.86. The highest BCUT2D eigenvalue weighted by Gasteiger charge is 2.27. The number of carbonyl (C=O) groups is 1. The second-order valence-corrected chi connectivity index (χ2v) is 7.97. The predicted octanol–water partition coefficient (Wildman–Crippen LogP) is 3.79. The molecule has 2 heterocycles. The van der Waals surface area contributed by atoms with Gasteiger partial charge in [-0.2, -0.15) is 5.10 Å². The Morgan fingerprint density at radius 2 is 2.29 bits per heavy atom. The number of aromatic nitrogens is 4. The first-order valence-electron chi connectivity index (χ1n) is 9.42. The third-order valence-electron chi connectivity index (χ3n) is 5.11. The van der Waals surface area contributed by atoms with Gasteiger partial charge in [-0.15, -0.1) is 11.8 Å². The van der Waals surface area contributed by atoms with Crippen molar-refractivity contribution >= 4 is 34.4 Å². The maximum Gasteiger partial charge on any atom is 0.227 e. The fourth-order valence-corrected chi connectivity index (χ4v) is 4.50. The number of rotatable bonds is 6. The van der Waals surface area contributed by atoms with Gasteiger partial charge in [0.2, 0.25) is 5.91 Å². The normalized spacial score (nSPS) is 19.6. The van der Waals surface area contributed by atoms with E-state index in [-0.39, 0.29) is 17.9 Å². The number of nitrogens with one attached hydrogen (secondary N) is 2. The van der Waals surface area contributed by atoms with Gasteiger partial charge in [0.05, 0.1) is 17.7 Å². The molecule has 146 valence electrons. The minimum atomic E-state index is 0.0205. The Kier molecular flexibility index (Phi) is 5.87. The van der Waals surface area contributed by atoms with Gasteiger partial charge < -0.3 is 10.1 Å². The van der Waals surface area contributed by atoms with Crippen LogP contribution in [0.5, 0.6) is 0 Å². The van der Waals surface area contributed by atoms with Gasteiger partial charge in [0.15, 0.2) is 5.65 Å². The number of aromatic amines is 1. The summed E-state index contributed by atoms with van der Waals surface area (Å²) >= 11 is 1.63. The van der Waals surface area contributed by atoms with E-state index in [1.165, 1.54) is 6.33 Å². The molecule has 1 aliphatic carbocycles. The first-order chi connectivity index (χ1) is 13.7. The van der Waals surface area contributed by atoms with Gasteiger partial charge in [-0.25, -0.2) is 9.97 Å². The molecule has 0 spiro atoms. The van der Waals surface area contributed by atoms with Crippen LogP contribution in [0.15, 0.2) is 41.8 Å². The Bertz CT molecular complexity index is 960. The Hall–Kier alpha value is -2.45. The number of thioether (sulfide) groups is 1. The molecule has 4 rings (SSSR count). The van der Waals surface area contributed by atoms with E-state index in [0.29, 0.717) is 0 Å². The summed E-state index contributed by atoms with van der Waals surface area (Å²) < 4.78 is 5.44. The van der Waals surface area contributed by atoms with Crippen LogP contribution in [0.4, 0.5) is 5.69 Å². The Labute approximate surface area is 167 Å². The molecule has 1 amide bonds. The SMILES string of the molecule is COC1CCCC(C(=O)Nc2cccc(CSc3ncnc4[nH]ncc34)c2)C1. The van der Waals surface area contributed by atoms with Crippen LogP contribution in [0, 0.1) is 5.92 Å². The number of carbonyl (C=O) groups excluding carboxylic acids is 1. The molecule has 2 aromatic heterocycles. The van der Waals surface area contributed by atoms with Gasteiger partial charge in [-0.3, -0.25) is 9.89 Å². The van der Waals surface area contributed by atoms with Crippen molar-refractivity contribution in [3.63, 3.8) is 0 Å². The van der Waals surface area contributed by atoms with Crippen LogP contribution in [0.3, 0.4) is 0 Å². The third-order valence-corrected chi connectivity index (χ3v) is 6.19. The molecule has 3 aromatic rings. The average molecular weight is 398 g/mol. The van der Waals surface area contributed by atoms with Crippen LogP contribution in [-0.4, -0.2) is 39.3 Å². The fourth-order valence-electron chi connectivity index (χ4n) is 3.59. The van der Waals surface area contributed by atoms with Crippen LogP contribution in [0.1, 0.15) is 31.2 Å². The molecule has 28 heavy (non-hydrogen) atoms. The maximum absolute atomic E-state index is 12.6. The molecule has 2 N–H and O–H groups in total. The lowest BCUT2D eigenvalue weighted by molar-refractivity contribution is -0.122. The number of nitrogens with zero attached hydrogens (tertiary/aromatic N) is 3. The monoisotopic (exact) mass is 397 g/mol. The Morgan fingerprint density at radius 3 is 3.18 bits per heavy atom. The molecule has 2 atom stereocenters. The molecule has 2 unspecified atom stereocenters. The van der Waals surface area contributed by atoms with Crippen LogP contribution < -0.4 is 5.32 Å². The number of fused-ring (bicyclic) bond motifs is 1. The molecule has 1 aliphatic rings. The smallest absolute Gasteiger partial charge is 0.227 e. The number of hydrogen-bond acceptors (Lipinski definition) is 6. The minimum absolute atomic E-state index is 0.0205. The van der Waals surface area contributed by atoms with Crippen molar-refractivity contribution in [2.45, 2.75) is 42.6 Å². The van der Waals surface area contributed by atoms with E-state index >= 15 is 0 Å². The van der Waals surface area contributed by atoms with Crippen molar-refractivity contribution in [3.8, 4) is 0 Å². The lowest BCUT2D eigenvalue weighted by Crippen LogP contribution is -2.31. The number of methoxy groups -OCH3 is 1. The van der Waals surface area contributed by atoms with Crippen molar-refractivity contribution in [1.82, 2.24) is 20.2 Å². The van der Waals surface area contributed by atoms with E-state index in [9.17, 15) is 4.79 Å². The Morgan fingerprint density at radius 1 is 1.36 bits per heavy atom. The van der Waals surface area contributed by atoms with Crippen molar-refractivity contribution < 1.29 is 9.53 Å². The van der Waals surface area contributed by atoms with Crippen molar-refractivity contribution in [2.75, 3.05) is 12.4 Å². The summed E-state index contributed by atoms with van der Waals surface area (Å²) in [6.45, 7) is 0. The molecule has 1 saturated carbocycles. The summed E-state index contributed by atoms with van der Waals surface area (Å²) in [6.07, 6.45) is 7.28. The summed E-state index contributed by atoms with van der Waals surface area (Å²) in [5.74, 6) is 0.852. The highest BCUT2D eigenvalue weighted by atomic mass is 32.2. The summed E-state index contributed by atoms with van der Waals surface area (Å²) in [4.78, 5) is 21.1. The number of amides is 1. The molecule has 0 aliphatic heterocycles. The predicted molar refractivity (Wildman–Crippen MR) is 109 cm³/mol. The highest BCUT2D eigenvalue weighted by Crippen LogP contribution is 2.29. The van der Waals surface area contributed by atoms with Gasteiger partial charge >= 0.3 is 0 Å². The zero-order valence-corrected chi connectivity index (χ0v) is 16.5. The fraction of sp³-hybridized carbons (Fsp3) is 0.400. The molecule has 0 saturated heterocycles. The van der Waals surface area contributed by atoms with E-state index in [1.807, 2.05) is 18.2 Å². The molecule has 0 bridgehead atoms. The van der Waals surface area contributed by atoms with E-state index < -0.39 is 0 Å². The van der Waals surface area contributed by atoms with Gasteiger partial charge in [0.1, 0.15) is 11.4 Å². The second kappa shape index (κ2) is 8.70. The summed E-state index contributed by atoms with van der Waals surface area (Å²) in [6, 6.07) is 7.98. The zero-order valence-electron chi connectivity index (χ0n) is 15.7. The maximum atomic E-state index is 12.6. The van der Waals surface area contributed by atoms with Crippen LogP contribution in [-0.2, 0) is 15.3 Å². The number of ether oxygens (including phenoxy) is 1. The molecule has 8 heteroatoms. The van der Waals surface area contributed by atoms with Crippen molar-refractivity contribution in [2.24, 2.45) is 5.92 Å². The molecule has 7 nitrogen and oxygen atoms in total. The Balaban J connectivity index is 1.39. The van der Waals surface area contributed by atoms with E-state index in [4.69, 9.17) is 4.74 Å². The van der Waals surface area contributed by atoms with E-state index in [1.54, 1.807) is 25.1 Å². The number of benzene rings is 1. The third kappa shape index (κ3) is 4.34. The minimum Gasteiger partial charge on any atom is -0.381 e. The summed E-state index contributed by atoms with van der Waals surface area (Å²) in [7, 11) is 1.72. The van der Waals surface area contributed by atoms with Gasteiger partial charge in [-0.05, 0) is 37.0 Å². The molecule has 1 aromatic carbocycles. The largest absolute Gasteiger partial charge is 0.381 e. The molecular formula is C20H23N5O2S. The molecule has 0 radical (unpaired) electrons. The number of hydrogen-bond donors (Lipinski definition) is 2. The van der Waals surface area contributed by atoms with Crippen LogP contribution in [0.25, 0.3) is 11.0 Å². The first kappa shape index (κ1) is 18.9. The van der Waals surface area contributed by atoms with Crippen LogP contribution >= 0.6 is 11.8 Å². The highest BCUT2D eigenvalue weighted by molar-refractivity contribution is 7.98. The number of H-pyrrole nitrogens is 1. The summed E-state index contributed by atoms with van der Waals surface area (Å²) in [5, 5.41) is 11.8. The lowest BCUT2D eigenvalue weighted by Gasteiger charge is -2.27. The average Bonchev–Trinajstić information content (AvgIpc) is 3.22. The standard InChI is InChI=1S/C20H23N5O2S/c1-27-16-7-3-5-14(9-16)19(26)24-15-6-2-4-13(8-15)11-28-20-17-10-23-25-18(17)21-12-22-20/h2,4,6,8,10,12,14,16H,3,5,7,9,11H2,1H3,(H,24,26)(H,21,22,23,25). The van der Waals surface area contributed by atoms with Gasteiger partial charge in [0.25, 0.3) is 0 Å². The quantitative estimate of drug-likeness (QED) is 0.486. The second-order valence-electron chi connectivity index (χ2n) is 7.01. The zero-order chi connectivity index (χ0) is 19.3. The molecular weight excluding hydrogens is 374 g/mol. The van der Waals surface area contributed by atoms with Gasteiger partial charge in [-0.1, -0.05) is 18.6 Å². The van der Waals surface area contributed by atoms with Crippen molar-refractivity contribution in [1.29, 1.82) is 0 Å². The first-order valence-corrected chi connectivity index (χ1v) is 10.4. The van der Waals surface area contributed by atoms with Crippen LogP contribution in [0.2, 0.25) is 0 Å². The topological polar surface area (TPSA) is 92.8 Å². The van der Waals surface area contributed by atoms with E-state index in [2.05, 4.69) is 31.5 Å². The van der Waals surface area contributed by atoms with Gasteiger partial charge in [0, 0.05) is 24.5 Å². The summed E-state index contributed by atoms with van der Waals surface area (Å²) in [5.41, 5.74) is 2.69. The van der Waals surface area contributed by atoms with Crippen molar-refractivity contribution in [3.05, 3.63) is 42.4 Å². The van der Waals surface area contributed by atoms with E-state index in [0.717, 1.165) is 58.7 Å². The molecule has 1 fully saturated rings. The number of anilines is 1.